The van der Waals surface area contributed by atoms with E-state index in [2.05, 4.69) is 12.2 Å². The van der Waals surface area contributed by atoms with Crippen molar-refractivity contribution < 1.29 is 19.0 Å². The van der Waals surface area contributed by atoms with E-state index < -0.39 is 0 Å². The van der Waals surface area contributed by atoms with Gasteiger partial charge in [-0.05, 0) is 61.1 Å². The van der Waals surface area contributed by atoms with Crippen LogP contribution < -0.4 is 19.5 Å². The first-order chi connectivity index (χ1) is 16.0. The summed E-state index contributed by atoms with van der Waals surface area (Å²) in [4.78, 5) is 19.5. The average Bonchev–Trinajstić information content (AvgIpc) is 3.20. The number of aliphatic imine (C=N–C) groups is 1. The first-order valence-electron chi connectivity index (χ1n) is 10.9. The Bertz CT molecular complexity index is 1190. The van der Waals surface area contributed by atoms with Gasteiger partial charge in [0.15, 0.2) is 0 Å². The maximum atomic E-state index is 13.5. The van der Waals surface area contributed by atoms with Gasteiger partial charge in [-0.1, -0.05) is 19.1 Å². The number of anilines is 1. The molecule has 1 aromatic heterocycles. The molecule has 6 nitrogen and oxygen atoms in total. The van der Waals surface area contributed by atoms with Crippen molar-refractivity contribution in [3.05, 3.63) is 64.0 Å². The van der Waals surface area contributed by atoms with Crippen molar-refractivity contribution in [1.29, 1.82) is 0 Å². The molecule has 0 bridgehead atoms. The third-order valence-corrected chi connectivity index (χ3v) is 7.00. The van der Waals surface area contributed by atoms with Gasteiger partial charge < -0.3 is 19.5 Å². The number of thiophene rings is 1. The molecule has 4 rings (SSSR count). The normalized spacial score (nSPS) is 15.2. The molecule has 0 radical (unpaired) electrons. The van der Waals surface area contributed by atoms with E-state index in [-0.39, 0.29) is 5.91 Å². The molecule has 1 aliphatic rings. The molecular weight excluding hydrogens is 436 g/mol. The van der Waals surface area contributed by atoms with E-state index >= 15 is 0 Å². The van der Waals surface area contributed by atoms with Crippen molar-refractivity contribution >= 4 is 34.1 Å². The number of benzene rings is 2. The molecule has 0 saturated heterocycles. The van der Waals surface area contributed by atoms with Gasteiger partial charge in [0.1, 0.15) is 22.2 Å². The Labute approximate surface area is 198 Å². The lowest BCUT2D eigenvalue weighted by molar-refractivity contribution is 0.102. The summed E-state index contributed by atoms with van der Waals surface area (Å²) in [6.07, 6.45) is 4.64. The Morgan fingerprint density at radius 2 is 1.88 bits per heavy atom. The van der Waals surface area contributed by atoms with Crippen LogP contribution >= 0.6 is 11.3 Å². The minimum Gasteiger partial charge on any atom is -0.497 e. The third-order valence-electron chi connectivity index (χ3n) is 5.83. The molecule has 2 aromatic carbocycles. The van der Waals surface area contributed by atoms with Crippen LogP contribution in [-0.2, 0) is 12.8 Å². The monoisotopic (exact) mass is 464 g/mol. The number of carbonyl (C=O) groups is 1. The second-order valence-corrected chi connectivity index (χ2v) is 9.14. The number of amides is 1. The van der Waals surface area contributed by atoms with Crippen molar-refractivity contribution in [3.8, 4) is 17.2 Å². The lowest BCUT2D eigenvalue weighted by Crippen LogP contribution is -2.17. The maximum absolute atomic E-state index is 13.5. The summed E-state index contributed by atoms with van der Waals surface area (Å²) < 4.78 is 16.2. The molecule has 33 heavy (non-hydrogen) atoms. The van der Waals surface area contributed by atoms with Crippen molar-refractivity contribution in [1.82, 2.24) is 0 Å². The Balaban J connectivity index is 1.73. The first-order valence-corrected chi connectivity index (χ1v) is 11.7. The molecule has 0 spiro atoms. The molecule has 0 fully saturated rings. The fourth-order valence-corrected chi connectivity index (χ4v) is 5.41. The number of hydrogen-bond donors (Lipinski definition) is 1. The Morgan fingerprint density at radius 3 is 2.64 bits per heavy atom. The van der Waals surface area contributed by atoms with Crippen molar-refractivity contribution in [2.24, 2.45) is 10.9 Å². The Hall–Kier alpha value is -3.32. The van der Waals surface area contributed by atoms with Crippen LogP contribution in [0.3, 0.4) is 0 Å². The van der Waals surface area contributed by atoms with Gasteiger partial charge in [-0.25, -0.2) is 4.99 Å². The zero-order valence-electron chi connectivity index (χ0n) is 19.3. The van der Waals surface area contributed by atoms with Crippen LogP contribution in [-0.4, -0.2) is 33.5 Å². The molecule has 1 N–H and O–H groups in total. The van der Waals surface area contributed by atoms with Crippen LogP contribution in [0.15, 0.2) is 47.5 Å². The highest BCUT2D eigenvalue weighted by Gasteiger charge is 2.28. The highest BCUT2D eigenvalue weighted by molar-refractivity contribution is 7.16. The van der Waals surface area contributed by atoms with Crippen LogP contribution in [0.4, 0.5) is 10.7 Å². The van der Waals surface area contributed by atoms with E-state index in [9.17, 15) is 4.79 Å². The molecule has 0 unspecified atom stereocenters. The first kappa shape index (κ1) is 22.9. The van der Waals surface area contributed by atoms with Gasteiger partial charge in [-0.15, -0.1) is 11.3 Å². The fraction of sp³-hybridized carbons (Fsp3) is 0.308. The summed E-state index contributed by atoms with van der Waals surface area (Å²) in [6.45, 7) is 2.25. The summed E-state index contributed by atoms with van der Waals surface area (Å²) in [6, 6.07) is 13.0. The van der Waals surface area contributed by atoms with Crippen LogP contribution in [0, 0.1) is 5.92 Å². The summed E-state index contributed by atoms with van der Waals surface area (Å²) in [5.74, 6) is 2.45. The second-order valence-electron chi connectivity index (χ2n) is 8.05. The molecular formula is C26H28N2O4S. The topological polar surface area (TPSA) is 69.2 Å². The summed E-state index contributed by atoms with van der Waals surface area (Å²) in [5.41, 5.74) is 3.17. The quantitative estimate of drug-likeness (QED) is 0.442. The number of carbonyl (C=O) groups excluding carboxylic acids is 1. The van der Waals surface area contributed by atoms with Crippen molar-refractivity contribution in [2.75, 3.05) is 26.6 Å². The van der Waals surface area contributed by atoms with Crippen LogP contribution in [0.1, 0.15) is 39.7 Å². The van der Waals surface area contributed by atoms with Gasteiger partial charge in [0.25, 0.3) is 5.91 Å². The van der Waals surface area contributed by atoms with E-state index in [1.807, 2.05) is 42.5 Å². The van der Waals surface area contributed by atoms with Gasteiger partial charge in [0.05, 0.1) is 32.6 Å². The number of nitrogens with zero attached hydrogens (tertiary/aromatic N) is 1. The number of fused-ring (bicyclic) bond motifs is 1. The summed E-state index contributed by atoms with van der Waals surface area (Å²) >= 11 is 1.60. The molecule has 1 amide bonds. The number of methoxy groups -OCH3 is 3. The number of para-hydroxylation sites is 2. The zero-order chi connectivity index (χ0) is 23.4. The highest BCUT2D eigenvalue weighted by Crippen LogP contribution is 2.42. The molecule has 172 valence electrons. The van der Waals surface area contributed by atoms with Crippen LogP contribution in [0.2, 0.25) is 0 Å². The minimum atomic E-state index is -0.170. The maximum Gasteiger partial charge on any atom is 0.259 e. The predicted octanol–water partition coefficient (Wildman–Crippen LogP) is 5.90. The Kier molecular flexibility index (Phi) is 6.99. The minimum absolute atomic E-state index is 0.170. The molecule has 1 aliphatic carbocycles. The second kappa shape index (κ2) is 10.1. The smallest absolute Gasteiger partial charge is 0.259 e. The number of rotatable bonds is 7. The third kappa shape index (κ3) is 4.88. The summed E-state index contributed by atoms with van der Waals surface area (Å²) in [7, 11) is 4.84. The number of nitrogens with one attached hydrogen (secondary N) is 1. The number of ether oxygens (including phenoxy) is 3. The van der Waals surface area contributed by atoms with Gasteiger partial charge in [0.2, 0.25) is 0 Å². The van der Waals surface area contributed by atoms with E-state index in [0.29, 0.717) is 39.4 Å². The van der Waals surface area contributed by atoms with Crippen LogP contribution in [0.25, 0.3) is 0 Å². The molecule has 1 heterocycles. The number of hydrogen-bond acceptors (Lipinski definition) is 6. The molecule has 0 aliphatic heterocycles. The lowest BCUT2D eigenvalue weighted by atomic mass is 9.88. The largest absolute Gasteiger partial charge is 0.497 e. The van der Waals surface area contributed by atoms with E-state index in [4.69, 9.17) is 19.2 Å². The van der Waals surface area contributed by atoms with Gasteiger partial charge in [0, 0.05) is 16.7 Å². The lowest BCUT2D eigenvalue weighted by Gasteiger charge is -2.18. The molecule has 3 aromatic rings. The summed E-state index contributed by atoms with van der Waals surface area (Å²) in [5, 5.41) is 3.73. The van der Waals surface area contributed by atoms with Gasteiger partial charge in [-0.2, -0.15) is 0 Å². The molecule has 0 saturated carbocycles. The highest BCUT2D eigenvalue weighted by atomic mass is 32.1. The van der Waals surface area contributed by atoms with Crippen LogP contribution in [0.5, 0.6) is 17.2 Å². The van der Waals surface area contributed by atoms with E-state index in [1.54, 1.807) is 38.9 Å². The molecule has 1 atom stereocenters. The zero-order valence-corrected chi connectivity index (χ0v) is 20.1. The van der Waals surface area contributed by atoms with Gasteiger partial charge >= 0.3 is 0 Å². The van der Waals surface area contributed by atoms with Crippen molar-refractivity contribution in [3.63, 3.8) is 0 Å². The van der Waals surface area contributed by atoms with E-state index in [0.717, 1.165) is 30.4 Å². The Morgan fingerprint density at radius 1 is 1.09 bits per heavy atom. The average molecular weight is 465 g/mol. The van der Waals surface area contributed by atoms with Crippen molar-refractivity contribution in [2.45, 2.75) is 26.2 Å². The molecule has 7 heteroatoms. The fourth-order valence-electron chi connectivity index (χ4n) is 4.06. The van der Waals surface area contributed by atoms with E-state index in [1.165, 1.54) is 4.88 Å². The SMILES string of the molecule is COc1ccc(OC)c(C=Nc2sc3c(c2C(=O)Nc2ccccc2OC)CC[C@H](C)C3)c1. The standard InChI is InChI=1S/C26H28N2O4S/c1-16-9-11-19-23(13-16)33-26(27-15-17-14-18(30-2)10-12-21(17)31-3)24(19)25(29)28-20-7-5-6-8-22(20)32-4/h5-8,10,12,14-16H,9,11,13H2,1-4H3,(H,28,29)/t16-/m0/s1. The van der Waals surface area contributed by atoms with Gasteiger partial charge in [-0.3, -0.25) is 4.79 Å². The predicted molar refractivity (Wildman–Crippen MR) is 133 cm³/mol.